The Balaban J connectivity index is 2.82. The molecule has 1 unspecified atom stereocenters. The monoisotopic (exact) mass is 316 g/mol. The number of aliphatic imine (C=N–C) groups is 1. The number of nitrogens with zero attached hydrogens (tertiary/aromatic N) is 3. The summed E-state index contributed by atoms with van der Waals surface area (Å²) in [5.74, 6) is 0.576. The molecule has 6 nitrogen and oxygen atoms in total. The van der Waals surface area contributed by atoms with Crippen LogP contribution in [0.3, 0.4) is 0 Å². The molecule has 1 heterocycles. The van der Waals surface area contributed by atoms with Crippen LogP contribution in [0.2, 0.25) is 0 Å². The van der Waals surface area contributed by atoms with Crippen molar-refractivity contribution < 1.29 is 9.53 Å². The number of ether oxygens (including phenoxy) is 1. The molecule has 0 aliphatic rings. The second-order valence-corrected chi connectivity index (χ2v) is 5.00. The fourth-order valence-corrected chi connectivity index (χ4v) is 1.93. The van der Waals surface area contributed by atoms with Gasteiger partial charge in [0.05, 0.1) is 11.9 Å². The minimum absolute atomic E-state index is 0.0278. The molecule has 1 rings (SSSR count). The van der Waals surface area contributed by atoms with Crippen molar-refractivity contribution >= 4 is 18.2 Å². The lowest BCUT2D eigenvalue weighted by atomic mass is 10.2. The van der Waals surface area contributed by atoms with Gasteiger partial charge in [-0.2, -0.15) is 0 Å². The predicted octanol–water partition coefficient (Wildman–Crippen LogP) is 2.46. The third-order valence-electron chi connectivity index (χ3n) is 3.03. The molecule has 0 spiro atoms. The van der Waals surface area contributed by atoms with E-state index in [0.29, 0.717) is 11.5 Å². The second-order valence-electron chi connectivity index (χ2n) is 5.00. The van der Waals surface area contributed by atoms with Crippen LogP contribution in [0.4, 0.5) is 5.69 Å². The lowest BCUT2D eigenvalue weighted by Gasteiger charge is -2.21. The Kier molecular flexibility index (Phi) is 7.53. The van der Waals surface area contributed by atoms with Crippen molar-refractivity contribution in [2.45, 2.75) is 26.9 Å². The zero-order valence-corrected chi connectivity index (χ0v) is 14.3. The number of allylic oxidation sites excluding steroid dienone is 2. The van der Waals surface area contributed by atoms with Crippen molar-refractivity contribution in [2.24, 2.45) is 4.99 Å². The molecular formula is C17H24N4O2. The van der Waals surface area contributed by atoms with Crippen LogP contribution in [0.25, 0.3) is 0 Å². The maximum Gasteiger partial charge on any atom is 0.214 e. The normalized spacial score (nSPS) is 13.3. The number of hydrogen-bond acceptors (Lipinski definition) is 6. The van der Waals surface area contributed by atoms with Gasteiger partial charge in [0, 0.05) is 38.1 Å². The summed E-state index contributed by atoms with van der Waals surface area (Å²) in [5.41, 5.74) is 5.35. The van der Waals surface area contributed by atoms with Gasteiger partial charge in [-0.15, -0.1) is 0 Å². The van der Waals surface area contributed by atoms with Gasteiger partial charge >= 0.3 is 0 Å². The Morgan fingerprint density at radius 3 is 2.83 bits per heavy atom. The molecule has 0 amide bonds. The van der Waals surface area contributed by atoms with E-state index >= 15 is 0 Å². The third-order valence-corrected chi connectivity index (χ3v) is 3.03. The summed E-state index contributed by atoms with van der Waals surface area (Å²) in [7, 11) is 3.46. The van der Waals surface area contributed by atoms with Crippen molar-refractivity contribution in [2.75, 3.05) is 19.1 Å². The maximum atomic E-state index is 10.9. The van der Waals surface area contributed by atoms with Gasteiger partial charge in [-0.05, 0) is 32.4 Å². The number of hydrazine groups is 1. The van der Waals surface area contributed by atoms with Gasteiger partial charge in [0.2, 0.25) is 5.88 Å². The van der Waals surface area contributed by atoms with E-state index in [2.05, 4.69) is 15.4 Å². The Hall–Kier alpha value is -2.63. The van der Waals surface area contributed by atoms with Gasteiger partial charge in [-0.1, -0.05) is 6.08 Å². The molecule has 0 saturated carbocycles. The highest BCUT2D eigenvalue weighted by molar-refractivity contribution is 6.01. The summed E-state index contributed by atoms with van der Waals surface area (Å²) in [6, 6.07) is 1.88. The van der Waals surface area contributed by atoms with Gasteiger partial charge in [-0.25, -0.2) is 4.98 Å². The SMILES string of the molecule is C/C=C\C(C)Oc1cc(C)c(N(C)NC=C(C=O)C=NC)cn1. The van der Waals surface area contributed by atoms with E-state index < -0.39 is 0 Å². The van der Waals surface area contributed by atoms with Crippen molar-refractivity contribution in [3.05, 3.63) is 41.8 Å². The first-order valence-corrected chi connectivity index (χ1v) is 7.35. The van der Waals surface area contributed by atoms with Gasteiger partial charge in [0.1, 0.15) is 6.10 Å². The van der Waals surface area contributed by atoms with Crippen LogP contribution in [-0.4, -0.2) is 37.7 Å². The average Bonchev–Trinajstić information content (AvgIpc) is 2.51. The largest absolute Gasteiger partial charge is 0.470 e. The number of carbonyl (C=O) groups is 1. The number of carbonyl (C=O) groups excluding carboxylic acids is 1. The molecule has 1 aromatic rings. The highest BCUT2D eigenvalue weighted by Gasteiger charge is 2.08. The molecule has 0 saturated heterocycles. The number of hydrogen-bond donors (Lipinski definition) is 1. The predicted molar refractivity (Wildman–Crippen MR) is 94.0 cm³/mol. The van der Waals surface area contributed by atoms with Crippen LogP contribution in [0.1, 0.15) is 19.4 Å². The number of aryl methyl sites for hydroxylation is 1. The Morgan fingerprint density at radius 1 is 1.52 bits per heavy atom. The average molecular weight is 316 g/mol. The van der Waals surface area contributed by atoms with Crippen LogP contribution < -0.4 is 15.2 Å². The number of aromatic nitrogens is 1. The molecule has 0 radical (unpaired) electrons. The summed E-state index contributed by atoms with van der Waals surface area (Å²) < 4.78 is 5.71. The number of nitrogens with one attached hydrogen (secondary N) is 1. The molecule has 0 aliphatic heterocycles. The highest BCUT2D eigenvalue weighted by atomic mass is 16.5. The number of pyridine rings is 1. The van der Waals surface area contributed by atoms with E-state index in [-0.39, 0.29) is 6.10 Å². The second kappa shape index (κ2) is 9.40. The van der Waals surface area contributed by atoms with E-state index in [1.165, 1.54) is 6.21 Å². The van der Waals surface area contributed by atoms with Crippen molar-refractivity contribution in [1.29, 1.82) is 0 Å². The molecular weight excluding hydrogens is 292 g/mol. The lowest BCUT2D eigenvalue weighted by Crippen LogP contribution is -2.31. The summed E-state index contributed by atoms with van der Waals surface area (Å²) in [6.07, 6.45) is 9.40. The summed E-state index contributed by atoms with van der Waals surface area (Å²) in [4.78, 5) is 19.0. The van der Waals surface area contributed by atoms with Crippen molar-refractivity contribution in [3.8, 4) is 5.88 Å². The molecule has 23 heavy (non-hydrogen) atoms. The van der Waals surface area contributed by atoms with E-state index in [0.717, 1.165) is 17.5 Å². The number of aldehydes is 1. The first-order valence-electron chi connectivity index (χ1n) is 7.35. The van der Waals surface area contributed by atoms with Crippen molar-refractivity contribution in [3.63, 3.8) is 0 Å². The van der Waals surface area contributed by atoms with Gasteiger partial charge < -0.3 is 10.2 Å². The molecule has 1 atom stereocenters. The molecule has 124 valence electrons. The van der Waals surface area contributed by atoms with E-state index in [1.54, 1.807) is 24.5 Å². The van der Waals surface area contributed by atoms with Crippen LogP contribution >= 0.6 is 0 Å². The zero-order chi connectivity index (χ0) is 17.2. The molecule has 0 fully saturated rings. The smallest absolute Gasteiger partial charge is 0.214 e. The first kappa shape index (κ1) is 18.4. The standard InChI is InChI=1S/C17H24N4O2/c1-6-7-14(3)23-17-8-13(2)16(11-19-17)21(5)20-10-15(12-22)9-18-4/h6-12,14,20H,1-5H3/b7-6-,15-10?,18-9?. The molecule has 0 aromatic carbocycles. The van der Waals surface area contributed by atoms with Gasteiger partial charge in [0.15, 0.2) is 6.29 Å². The Morgan fingerprint density at radius 2 is 2.26 bits per heavy atom. The molecule has 1 aromatic heterocycles. The van der Waals surface area contributed by atoms with Gasteiger partial charge in [0.25, 0.3) is 0 Å². The molecule has 0 bridgehead atoms. The van der Waals surface area contributed by atoms with Crippen molar-refractivity contribution in [1.82, 2.24) is 10.4 Å². The fourth-order valence-electron chi connectivity index (χ4n) is 1.93. The van der Waals surface area contributed by atoms with Crippen LogP contribution in [-0.2, 0) is 4.79 Å². The Bertz CT molecular complexity index is 609. The number of anilines is 1. The van der Waals surface area contributed by atoms with Crippen LogP contribution in [0.15, 0.2) is 41.2 Å². The zero-order valence-electron chi connectivity index (χ0n) is 14.3. The number of rotatable bonds is 8. The quantitative estimate of drug-likeness (QED) is 0.262. The summed E-state index contributed by atoms with van der Waals surface area (Å²) in [6.45, 7) is 5.88. The van der Waals surface area contributed by atoms with E-state index in [1.807, 2.05) is 46.0 Å². The molecule has 0 aliphatic carbocycles. The maximum absolute atomic E-state index is 10.9. The highest BCUT2D eigenvalue weighted by Crippen LogP contribution is 2.21. The minimum atomic E-state index is -0.0278. The third kappa shape index (κ3) is 5.94. The Labute approximate surface area is 137 Å². The topological polar surface area (TPSA) is 66.8 Å². The van der Waals surface area contributed by atoms with E-state index in [4.69, 9.17) is 4.74 Å². The van der Waals surface area contributed by atoms with Gasteiger partial charge in [-0.3, -0.25) is 14.8 Å². The lowest BCUT2D eigenvalue weighted by molar-refractivity contribution is -0.104. The molecule has 6 heteroatoms. The fraction of sp³-hybridized carbons (Fsp3) is 0.353. The summed E-state index contributed by atoms with van der Waals surface area (Å²) >= 11 is 0. The summed E-state index contributed by atoms with van der Waals surface area (Å²) in [5, 5.41) is 1.77. The minimum Gasteiger partial charge on any atom is -0.470 e. The van der Waals surface area contributed by atoms with Crippen LogP contribution in [0.5, 0.6) is 5.88 Å². The molecule has 1 N–H and O–H groups in total. The first-order chi connectivity index (χ1) is 11.0. The van der Waals surface area contributed by atoms with E-state index in [9.17, 15) is 4.79 Å². The van der Waals surface area contributed by atoms with Crippen LogP contribution in [0, 0.1) is 6.92 Å².